The largest absolute Gasteiger partial charge is 0.497 e. The molecule has 1 unspecified atom stereocenters. The summed E-state index contributed by atoms with van der Waals surface area (Å²) in [5.41, 5.74) is 3.40. The molecule has 1 spiro atoms. The van der Waals surface area contributed by atoms with E-state index < -0.39 is 5.41 Å². The Kier molecular flexibility index (Phi) is 2.31. The van der Waals surface area contributed by atoms with Crippen LogP contribution in [-0.2, 0) is 10.2 Å². The number of amides is 1. The van der Waals surface area contributed by atoms with Crippen molar-refractivity contribution in [3.8, 4) is 5.75 Å². The maximum atomic E-state index is 13.0. The van der Waals surface area contributed by atoms with Crippen LogP contribution in [0.25, 0.3) is 6.08 Å². The summed E-state index contributed by atoms with van der Waals surface area (Å²) in [6.07, 6.45) is 4.05. The van der Waals surface area contributed by atoms with Gasteiger partial charge < -0.3 is 9.64 Å². The number of nitrogens with zero attached hydrogens (tertiary/aromatic N) is 1. The number of likely N-dealkylation sites (N-methyl/N-ethyl adjacent to an activating group) is 1. The number of carbonyl (C=O) groups excluding carboxylic acids is 1. The summed E-state index contributed by atoms with van der Waals surface area (Å²) >= 11 is 0. The Bertz CT molecular complexity index is 794. The number of hydrogen-bond donors (Lipinski definition) is 0. The van der Waals surface area contributed by atoms with Gasteiger partial charge in [0.2, 0.25) is 5.91 Å². The third kappa shape index (κ3) is 1.35. The van der Waals surface area contributed by atoms with Gasteiger partial charge in [0.05, 0.1) is 7.11 Å². The van der Waals surface area contributed by atoms with Crippen LogP contribution in [0.4, 0.5) is 5.69 Å². The van der Waals surface area contributed by atoms with Crippen molar-refractivity contribution < 1.29 is 9.53 Å². The van der Waals surface area contributed by atoms with E-state index in [-0.39, 0.29) is 5.91 Å². The van der Waals surface area contributed by atoms with Gasteiger partial charge in [-0.25, -0.2) is 0 Å². The van der Waals surface area contributed by atoms with Crippen LogP contribution in [0.3, 0.4) is 0 Å². The first-order chi connectivity index (χ1) is 10.2. The molecule has 0 N–H and O–H groups in total. The molecule has 3 nitrogen and oxygen atoms in total. The predicted molar refractivity (Wildman–Crippen MR) is 82.7 cm³/mol. The van der Waals surface area contributed by atoms with E-state index in [0.717, 1.165) is 28.1 Å². The lowest BCUT2D eigenvalue weighted by Gasteiger charge is -2.23. The molecule has 0 aromatic heterocycles. The lowest BCUT2D eigenvalue weighted by Crippen LogP contribution is -2.37. The summed E-state index contributed by atoms with van der Waals surface area (Å²) in [6, 6.07) is 13.9. The molecule has 1 aliphatic heterocycles. The van der Waals surface area contributed by atoms with Gasteiger partial charge in [0.25, 0.3) is 0 Å². The number of carbonyl (C=O) groups is 1. The smallest absolute Gasteiger partial charge is 0.245 e. The van der Waals surface area contributed by atoms with Crippen LogP contribution in [0.2, 0.25) is 0 Å². The topological polar surface area (TPSA) is 29.5 Å². The normalized spacial score (nSPS) is 21.8. The Hall–Kier alpha value is -2.55. The van der Waals surface area contributed by atoms with Crippen LogP contribution in [0.1, 0.15) is 16.7 Å². The highest BCUT2D eigenvalue weighted by Gasteiger charge is 2.51. The monoisotopic (exact) mass is 277 g/mol. The van der Waals surface area contributed by atoms with Crippen molar-refractivity contribution in [1.82, 2.24) is 0 Å². The number of fused-ring (bicyclic) bond motifs is 4. The molecule has 1 atom stereocenters. The Labute approximate surface area is 123 Å². The molecular formula is C18H15NO2. The molecule has 2 aromatic rings. The molecule has 1 aliphatic carbocycles. The average molecular weight is 277 g/mol. The molecule has 0 radical (unpaired) electrons. The lowest BCUT2D eigenvalue weighted by atomic mass is 9.77. The van der Waals surface area contributed by atoms with Gasteiger partial charge in [-0.15, -0.1) is 0 Å². The zero-order valence-electron chi connectivity index (χ0n) is 12.0. The van der Waals surface area contributed by atoms with E-state index in [9.17, 15) is 4.79 Å². The van der Waals surface area contributed by atoms with Crippen molar-refractivity contribution in [2.24, 2.45) is 0 Å². The molecule has 0 fully saturated rings. The quantitative estimate of drug-likeness (QED) is 0.802. The molecule has 2 aliphatic rings. The fourth-order valence-corrected chi connectivity index (χ4v) is 3.47. The third-order valence-electron chi connectivity index (χ3n) is 4.53. The molecule has 0 saturated carbocycles. The van der Waals surface area contributed by atoms with Gasteiger partial charge in [-0.1, -0.05) is 36.4 Å². The molecule has 4 rings (SSSR count). The molecule has 0 bridgehead atoms. The fourth-order valence-electron chi connectivity index (χ4n) is 3.47. The standard InChI is InChI=1S/C18H15NO2/c1-19-16-8-7-13(21-2)11-15(16)18(17(19)20)10-9-12-5-3-4-6-14(12)18/h3-11H,1-2H3. The predicted octanol–water partition coefficient (Wildman–Crippen LogP) is 2.98. The Balaban J connectivity index is 2.05. The van der Waals surface area contributed by atoms with Gasteiger partial charge in [0.15, 0.2) is 0 Å². The maximum absolute atomic E-state index is 13.0. The molecular weight excluding hydrogens is 262 g/mol. The molecule has 2 aromatic carbocycles. The van der Waals surface area contributed by atoms with E-state index in [0.29, 0.717) is 0 Å². The number of ether oxygens (including phenoxy) is 1. The van der Waals surface area contributed by atoms with Gasteiger partial charge >= 0.3 is 0 Å². The van der Waals surface area contributed by atoms with Crippen LogP contribution in [-0.4, -0.2) is 20.1 Å². The van der Waals surface area contributed by atoms with Crippen LogP contribution in [0.15, 0.2) is 48.5 Å². The molecule has 1 heterocycles. The van der Waals surface area contributed by atoms with Gasteiger partial charge in [-0.2, -0.15) is 0 Å². The summed E-state index contributed by atoms with van der Waals surface area (Å²) in [7, 11) is 3.48. The van der Waals surface area contributed by atoms with Crippen molar-refractivity contribution >= 4 is 17.7 Å². The molecule has 0 saturated heterocycles. The van der Waals surface area contributed by atoms with E-state index in [1.54, 1.807) is 12.0 Å². The molecule has 3 heteroatoms. The van der Waals surface area contributed by atoms with Crippen LogP contribution in [0.5, 0.6) is 5.75 Å². The first-order valence-electron chi connectivity index (χ1n) is 6.94. The van der Waals surface area contributed by atoms with Gasteiger partial charge in [0.1, 0.15) is 11.2 Å². The van der Waals surface area contributed by atoms with Crippen LogP contribution >= 0.6 is 0 Å². The second-order valence-electron chi connectivity index (χ2n) is 5.48. The first-order valence-corrected chi connectivity index (χ1v) is 6.94. The number of rotatable bonds is 1. The second-order valence-corrected chi connectivity index (χ2v) is 5.48. The highest BCUT2D eigenvalue weighted by atomic mass is 16.5. The third-order valence-corrected chi connectivity index (χ3v) is 4.53. The van der Waals surface area contributed by atoms with Crippen LogP contribution < -0.4 is 9.64 Å². The number of hydrogen-bond acceptors (Lipinski definition) is 2. The zero-order chi connectivity index (χ0) is 14.6. The zero-order valence-corrected chi connectivity index (χ0v) is 12.0. The van der Waals surface area contributed by atoms with E-state index in [2.05, 4.69) is 0 Å². The summed E-state index contributed by atoms with van der Waals surface area (Å²) in [4.78, 5) is 14.7. The number of anilines is 1. The van der Waals surface area contributed by atoms with Crippen molar-refractivity contribution in [3.63, 3.8) is 0 Å². The van der Waals surface area contributed by atoms with Gasteiger partial charge in [-0.3, -0.25) is 4.79 Å². The van der Waals surface area contributed by atoms with E-state index in [1.807, 2.05) is 61.7 Å². The summed E-state index contributed by atoms with van der Waals surface area (Å²) < 4.78 is 5.35. The minimum absolute atomic E-state index is 0.0898. The highest BCUT2D eigenvalue weighted by molar-refractivity contribution is 6.13. The minimum Gasteiger partial charge on any atom is -0.497 e. The van der Waals surface area contributed by atoms with Crippen molar-refractivity contribution in [2.45, 2.75) is 5.41 Å². The van der Waals surface area contributed by atoms with Gasteiger partial charge in [-0.05, 0) is 29.3 Å². The van der Waals surface area contributed by atoms with E-state index in [4.69, 9.17) is 4.74 Å². The molecule has 1 amide bonds. The van der Waals surface area contributed by atoms with Crippen molar-refractivity contribution in [3.05, 3.63) is 65.2 Å². The summed E-state index contributed by atoms with van der Waals surface area (Å²) in [5, 5.41) is 0. The fraction of sp³-hybridized carbons (Fsp3) is 0.167. The van der Waals surface area contributed by atoms with E-state index >= 15 is 0 Å². The second kappa shape index (κ2) is 3.98. The molecule has 104 valence electrons. The first kappa shape index (κ1) is 12.2. The highest BCUT2D eigenvalue weighted by Crippen LogP contribution is 2.51. The van der Waals surface area contributed by atoms with Crippen LogP contribution in [0, 0.1) is 0 Å². The number of benzene rings is 2. The summed E-state index contributed by atoms with van der Waals surface area (Å²) in [6.45, 7) is 0. The Morgan fingerprint density at radius 1 is 1.10 bits per heavy atom. The summed E-state index contributed by atoms with van der Waals surface area (Å²) in [5.74, 6) is 0.862. The van der Waals surface area contributed by atoms with E-state index in [1.165, 1.54) is 0 Å². The SMILES string of the molecule is COc1ccc2c(c1)C1(C=Cc3ccccc31)C(=O)N2C. The average Bonchev–Trinajstić information content (AvgIpc) is 3.02. The number of methoxy groups -OCH3 is 1. The lowest BCUT2D eigenvalue weighted by molar-refractivity contribution is -0.120. The molecule has 21 heavy (non-hydrogen) atoms. The maximum Gasteiger partial charge on any atom is 0.245 e. The van der Waals surface area contributed by atoms with Gasteiger partial charge in [0, 0.05) is 18.3 Å². The Morgan fingerprint density at radius 2 is 1.90 bits per heavy atom. The van der Waals surface area contributed by atoms with Crippen molar-refractivity contribution in [2.75, 3.05) is 19.1 Å². The Morgan fingerprint density at radius 3 is 2.71 bits per heavy atom. The minimum atomic E-state index is -0.699. The van der Waals surface area contributed by atoms with Crippen molar-refractivity contribution in [1.29, 1.82) is 0 Å².